The standard InChI is InChI=1S/C16H11ClFN3/c17-12-5-6-13(18)11(9-12)10-21-15-4-2-1-3-14(15)20-16(21)7-8-19/h1-6,9H,7,10H2. The number of nitriles is 1. The van der Waals surface area contributed by atoms with Crippen molar-refractivity contribution in [3.05, 3.63) is 64.7 Å². The van der Waals surface area contributed by atoms with Crippen LogP contribution in [0.4, 0.5) is 4.39 Å². The zero-order valence-electron chi connectivity index (χ0n) is 11.1. The first-order valence-corrected chi connectivity index (χ1v) is 6.82. The number of rotatable bonds is 3. The van der Waals surface area contributed by atoms with E-state index in [0.29, 0.717) is 23.0 Å². The fourth-order valence-electron chi connectivity index (χ4n) is 2.34. The molecule has 1 heterocycles. The van der Waals surface area contributed by atoms with Crippen LogP contribution in [-0.2, 0) is 13.0 Å². The SMILES string of the molecule is N#CCc1nc2ccccc2n1Cc1cc(Cl)ccc1F. The maximum Gasteiger partial charge on any atom is 0.128 e. The van der Waals surface area contributed by atoms with Crippen LogP contribution in [0, 0.1) is 17.1 Å². The lowest BCUT2D eigenvalue weighted by atomic mass is 10.2. The number of fused-ring (bicyclic) bond motifs is 1. The van der Waals surface area contributed by atoms with Crippen LogP contribution in [0.5, 0.6) is 0 Å². The molecular weight excluding hydrogens is 289 g/mol. The number of halogens is 2. The van der Waals surface area contributed by atoms with Gasteiger partial charge in [-0.3, -0.25) is 0 Å². The fraction of sp³-hybridized carbons (Fsp3) is 0.125. The van der Waals surface area contributed by atoms with E-state index in [1.807, 2.05) is 28.8 Å². The number of imidazole rings is 1. The fourth-order valence-corrected chi connectivity index (χ4v) is 2.54. The van der Waals surface area contributed by atoms with Crippen molar-refractivity contribution in [1.29, 1.82) is 5.26 Å². The van der Waals surface area contributed by atoms with Gasteiger partial charge in [0.1, 0.15) is 11.6 Å². The quantitative estimate of drug-likeness (QED) is 0.735. The van der Waals surface area contributed by atoms with Gasteiger partial charge < -0.3 is 4.57 Å². The molecule has 0 spiro atoms. The minimum atomic E-state index is -0.319. The summed E-state index contributed by atoms with van der Waals surface area (Å²) < 4.78 is 15.8. The van der Waals surface area contributed by atoms with Crippen molar-refractivity contribution in [2.24, 2.45) is 0 Å². The van der Waals surface area contributed by atoms with Gasteiger partial charge >= 0.3 is 0 Å². The summed E-state index contributed by atoms with van der Waals surface area (Å²) in [6.45, 7) is 0.296. The van der Waals surface area contributed by atoms with Gasteiger partial charge in [0, 0.05) is 10.6 Å². The van der Waals surface area contributed by atoms with Gasteiger partial charge in [-0.25, -0.2) is 9.37 Å². The summed E-state index contributed by atoms with van der Waals surface area (Å²) >= 11 is 5.93. The minimum absolute atomic E-state index is 0.177. The summed E-state index contributed by atoms with van der Waals surface area (Å²) in [7, 11) is 0. The van der Waals surface area contributed by atoms with Crippen molar-refractivity contribution in [3.63, 3.8) is 0 Å². The zero-order chi connectivity index (χ0) is 14.8. The molecule has 21 heavy (non-hydrogen) atoms. The molecule has 3 aromatic rings. The zero-order valence-corrected chi connectivity index (χ0v) is 11.8. The van der Waals surface area contributed by atoms with Gasteiger partial charge in [-0.2, -0.15) is 5.26 Å². The molecule has 3 rings (SSSR count). The van der Waals surface area contributed by atoms with Crippen molar-refractivity contribution in [2.75, 3.05) is 0 Å². The monoisotopic (exact) mass is 299 g/mol. The Morgan fingerprint density at radius 2 is 2.05 bits per heavy atom. The van der Waals surface area contributed by atoms with Crippen LogP contribution in [0.3, 0.4) is 0 Å². The summed E-state index contributed by atoms with van der Waals surface area (Å²) in [5.74, 6) is 0.304. The average Bonchev–Trinajstić information content (AvgIpc) is 2.81. The lowest BCUT2D eigenvalue weighted by molar-refractivity contribution is 0.598. The van der Waals surface area contributed by atoms with E-state index in [1.165, 1.54) is 12.1 Å². The van der Waals surface area contributed by atoms with Gasteiger partial charge in [-0.05, 0) is 30.3 Å². The second kappa shape index (κ2) is 5.55. The Balaban J connectivity index is 2.12. The Kier molecular flexibility index (Phi) is 3.59. The van der Waals surface area contributed by atoms with Gasteiger partial charge in [-0.1, -0.05) is 23.7 Å². The summed E-state index contributed by atoms with van der Waals surface area (Å²) in [5.41, 5.74) is 2.15. The van der Waals surface area contributed by atoms with Crippen molar-refractivity contribution in [3.8, 4) is 6.07 Å². The summed E-state index contributed by atoms with van der Waals surface area (Å²) in [6, 6.07) is 14.1. The Hall–Kier alpha value is -2.38. The maximum absolute atomic E-state index is 13.9. The lowest BCUT2D eigenvalue weighted by Crippen LogP contribution is -2.06. The summed E-state index contributed by atoms with van der Waals surface area (Å²) in [4.78, 5) is 4.44. The molecule has 0 amide bonds. The molecule has 0 atom stereocenters. The number of aromatic nitrogens is 2. The molecule has 104 valence electrons. The molecule has 0 unspecified atom stereocenters. The van der Waals surface area contributed by atoms with E-state index in [1.54, 1.807) is 6.07 Å². The molecule has 0 aliphatic heterocycles. The number of hydrogen-bond donors (Lipinski definition) is 0. The van der Waals surface area contributed by atoms with E-state index in [2.05, 4.69) is 11.1 Å². The molecule has 5 heteroatoms. The van der Waals surface area contributed by atoms with Gasteiger partial charge in [0.2, 0.25) is 0 Å². The molecule has 0 aliphatic carbocycles. The highest BCUT2D eigenvalue weighted by Crippen LogP contribution is 2.21. The Morgan fingerprint density at radius 3 is 2.86 bits per heavy atom. The highest BCUT2D eigenvalue weighted by molar-refractivity contribution is 6.30. The second-order valence-electron chi connectivity index (χ2n) is 4.67. The third kappa shape index (κ3) is 2.61. The first kappa shape index (κ1) is 13.6. The largest absolute Gasteiger partial charge is 0.322 e. The second-order valence-corrected chi connectivity index (χ2v) is 5.11. The smallest absolute Gasteiger partial charge is 0.128 e. The van der Waals surface area contributed by atoms with Crippen molar-refractivity contribution >= 4 is 22.6 Å². The third-order valence-corrected chi connectivity index (χ3v) is 3.54. The van der Waals surface area contributed by atoms with Crippen LogP contribution >= 0.6 is 11.6 Å². The lowest BCUT2D eigenvalue weighted by Gasteiger charge is -2.09. The first-order chi connectivity index (χ1) is 10.2. The van der Waals surface area contributed by atoms with Gasteiger partial charge in [0.15, 0.2) is 0 Å². The highest BCUT2D eigenvalue weighted by Gasteiger charge is 2.12. The van der Waals surface area contributed by atoms with Gasteiger partial charge in [-0.15, -0.1) is 0 Å². The molecule has 0 bridgehead atoms. The summed E-state index contributed by atoms with van der Waals surface area (Å²) in [6.07, 6.45) is 0.177. The van der Waals surface area contributed by atoms with E-state index in [0.717, 1.165) is 11.0 Å². The van der Waals surface area contributed by atoms with Crippen molar-refractivity contribution < 1.29 is 4.39 Å². The van der Waals surface area contributed by atoms with Crippen molar-refractivity contribution in [2.45, 2.75) is 13.0 Å². The third-order valence-electron chi connectivity index (χ3n) is 3.31. The molecule has 0 saturated carbocycles. The molecule has 0 aliphatic rings. The number of para-hydroxylation sites is 2. The maximum atomic E-state index is 13.9. The van der Waals surface area contributed by atoms with Gasteiger partial charge in [0.25, 0.3) is 0 Å². The van der Waals surface area contributed by atoms with Crippen LogP contribution in [0.1, 0.15) is 11.4 Å². The van der Waals surface area contributed by atoms with Crippen molar-refractivity contribution in [1.82, 2.24) is 9.55 Å². The van der Waals surface area contributed by atoms with E-state index in [4.69, 9.17) is 16.9 Å². The number of hydrogen-bond acceptors (Lipinski definition) is 2. The predicted molar refractivity (Wildman–Crippen MR) is 79.6 cm³/mol. The topological polar surface area (TPSA) is 41.6 Å². The molecular formula is C16H11ClFN3. The molecule has 3 nitrogen and oxygen atoms in total. The van der Waals surface area contributed by atoms with E-state index < -0.39 is 0 Å². The average molecular weight is 300 g/mol. The minimum Gasteiger partial charge on any atom is -0.322 e. The Morgan fingerprint density at radius 1 is 1.24 bits per heavy atom. The molecule has 0 saturated heterocycles. The normalized spacial score (nSPS) is 10.7. The Labute approximate surface area is 126 Å². The van der Waals surface area contributed by atoms with Crippen LogP contribution in [-0.4, -0.2) is 9.55 Å². The van der Waals surface area contributed by atoms with E-state index in [-0.39, 0.29) is 12.2 Å². The molecule has 2 aromatic carbocycles. The van der Waals surface area contributed by atoms with Crippen LogP contribution < -0.4 is 0 Å². The predicted octanol–water partition coefficient (Wildman–Crippen LogP) is 3.94. The van der Waals surface area contributed by atoms with Crippen LogP contribution in [0.15, 0.2) is 42.5 Å². The number of benzene rings is 2. The van der Waals surface area contributed by atoms with Crippen LogP contribution in [0.2, 0.25) is 5.02 Å². The highest BCUT2D eigenvalue weighted by atomic mass is 35.5. The first-order valence-electron chi connectivity index (χ1n) is 6.44. The Bertz CT molecular complexity index is 848. The van der Waals surface area contributed by atoms with E-state index in [9.17, 15) is 4.39 Å². The van der Waals surface area contributed by atoms with Crippen LogP contribution in [0.25, 0.3) is 11.0 Å². The molecule has 1 aromatic heterocycles. The molecule has 0 N–H and O–H groups in total. The molecule has 0 fully saturated rings. The summed E-state index contributed by atoms with van der Waals surface area (Å²) in [5, 5.41) is 9.42. The van der Waals surface area contributed by atoms with Gasteiger partial charge in [0.05, 0.1) is 30.1 Å². The molecule has 0 radical (unpaired) electrons. The number of nitrogens with zero attached hydrogens (tertiary/aromatic N) is 3. The van der Waals surface area contributed by atoms with E-state index >= 15 is 0 Å².